The Kier molecular flexibility index (Phi) is 3.17. The fourth-order valence-electron chi connectivity index (χ4n) is 1.43. The Balaban J connectivity index is 2.13. The lowest BCUT2D eigenvalue weighted by Crippen LogP contribution is -2.07. The van der Waals surface area contributed by atoms with E-state index in [0.717, 1.165) is 11.0 Å². The molecule has 16 heavy (non-hydrogen) atoms. The molecule has 0 unspecified atom stereocenters. The van der Waals surface area contributed by atoms with Crippen LogP contribution in [0.25, 0.3) is 11.0 Å². The van der Waals surface area contributed by atoms with Gasteiger partial charge in [0.25, 0.3) is 0 Å². The maximum Gasteiger partial charge on any atom is 0.223 e. The number of para-hydroxylation sites is 1. The number of rotatable bonds is 5. The van der Waals surface area contributed by atoms with Gasteiger partial charge < -0.3 is 9.15 Å². The molecule has 0 atom stereocenters. The van der Waals surface area contributed by atoms with Gasteiger partial charge in [0.2, 0.25) is 5.78 Å². The standard InChI is InChI=1S/C13H12O3/c1-2-7-15-9-11(14)13-8-10-5-3-4-6-12(10)16-13/h2-6,8H,1,7,9H2. The largest absolute Gasteiger partial charge is 0.453 e. The minimum atomic E-state index is -0.155. The molecule has 82 valence electrons. The normalized spacial score (nSPS) is 10.5. The quantitative estimate of drug-likeness (QED) is 0.438. The summed E-state index contributed by atoms with van der Waals surface area (Å²) in [5.41, 5.74) is 0.717. The van der Waals surface area contributed by atoms with Gasteiger partial charge in [0.1, 0.15) is 12.2 Å². The van der Waals surface area contributed by atoms with E-state index in [-0.39, 0.29) is 12.4 Å². The van der Waals surface area contributed by atoms with E-state index in [1.807, 2.05) is 24.3 Å². The molecule has 0 amide bonds. The molecule has 0 N–H and O–H groups in total. The highest BCUT2D eigenvalue weighted by molar-refractivity contribution is 5.98. The third-order valence-electron chi connectivity index (χ3n) is 2.17. The van der Waals surface area contributed by atoms with E-state index in [1.165, 1.54) is 0 Å². The second kappa shape index (κ2) is 4.77. The summed E-state index contributed by atoms with van der Waals surface area (Å²) in [5, 5.41) is 0.926. The number of hydrogen-bond donors (Lipinski definition) is 0. The number of ketones is 1. The Bertz CT molecular complexity index is 478. The van der Waals surface area contributed by atoms with Crippen LogP contribution >= 0.6 is 0 Å². The van der Waals surface area contributed by atoms with Crippen molar-refractivity contribution in [1.82, 2.24) is 0 Å². The van der Waals surface area contributed by atoms with Crippen LogP contribution in [0.1, 0.15) is 10.6 Å². The minimum Gasteiger partial charge on any atom is -0.453 e. The molecule has 0 saturated heterocycles. The monoisotopic (exact) mass is 216 g/mol. The molecule has 0 spiro atoms. The van der Waals surface area contributed by atoms with Crippen molar-refractivity contribution in [2.24, 2.45) is 0 Å². The Morgan fingerprint density at radius 2 is 2.25 bits per heavy atom. The summed E-state index contributed by atoms with van der Waals surface area (Å²) in [4.78, 5) is 11.6. The van der Waals surface area contributed by atoms with E-state index in [2.05, 4.69) is 6.58 Å². The van der Waals surface area contributed by atoms with E-state index < -0.39 is 0 Å². The molecule has 2 rings (SSSR count). The van der Waals surface area contributed by atoms with Gasteiger partial charge in [-0.15, -0.1) is 6.58 Å². The predicted octanol–water partition coefficient (Wildman–Crippen LogP) is 2.82. The van der Waals surface area contributed by atoms with Crippen LogP contribution in [-0.2, 0) is 4.74 Å². The minimum absolute atomic E-state index is 0.0197. The van der Waals surface area contributed by atoms with E-state index in [1.54, 1.807) is 12.1 Å². The van der Waals surface area contributed by atoms with Crippen molar-refractivity contribution in [2.45, 2.75) is 0 Å². The van der Waals surface area contributed by atoms with Crippen LogP contribution < -0.4 is 0 Å². The Hall–Kier alpha value is -1.87. The van der Waals surface area contributed by atoms with Crippen LogP contribution in [0, 0.1) is 0 Å². The second-order valence-corrected chi connectivity index (χ2v) is 3.38. The van der Waals surface area contributed by atoms with Gasteiger partial charge >= 0.3 is 0 Å². The maximum absolute atomic E-state index is 11.6. The Labute approximate surface area is 93.3 Å². The van der Waals surface area contributed by atoms with Crippen molar-refractivity contribution in [3.8, 4) is 0 Å². The number of furan rings is 1. The van der Waals surface area contributed by atoms with Gasteiger partial charge in [0.15, 0.2) is 5.76 Å². The summed E-state index contributed by atoms with van der Waals surface area (Å²) in [7, 11) is 0. The summed E-state index contributed by atoms with van der Waals surface area (Å²) >= 11 is 0. The first-order valence-electron chi connectivity index (χ1n) is 5.01. The lowest BCUT2D eigenvalue weighted by molar-refractivity contribution is 0.0781. The average molecular weight is 216 g/mol. The number of benzene rings is 1. The lowest BCUT2D eigenvalue weighted by Gasteiger charge is -1.96. The molecule has 0 aliphatic carbocycles. The zero-order valence-corrected chi connectivity index (χ0v) is 8.81. The number of Topliss-reactive ketones (excluding diaryl/α,β-unsaturated/α-hetero) is 1. The van der Waals surface area contributed by atoms with Crippen molar-refractivity contribution < 1.29 is 13.9 Å². The van der Waals surface area contributed by atoms with Crippen molar-refractivity contribution in [3.63, 3.8) is 0 Å². The van der Waals surface area contributed by atoms with Gasteiger partial charge in [-0.2, -0.15) is 0 Å². The molecule has 1 heterocycles. The predicted molar refractivity (Wildman–Crippen MR) is 61.6 cm³/mol. The molecule has 0 radical (unpaired) electrons. The lowest BCUT2D eigenvalue weighted by atomic mass is 10.2. The van der Waals surface area contributed by atoms with Gasteiger partial charge in [0.05, 0.1) is 6.61 Å². The van der Waals surface area contributed by atoms with Crippen molar-refractivity contribution >= 4 is 16.8 Å². The van der Waals surface area contributed by atoms with E-state index >= 15 is 0 Å². The smallest absolute Gasteiger partial charge is 0.223 e. The third kappa shape index (κ3) is 2.20. The zero-order chi connectivity index (χ0) is 11.4. The SMILES string of the molecule is C=CCOCC(=O)c1cc2ccccc2o1. The summed E-state index contributed by atoms with van der Waals surface area (Å²) in [6.07, 6.45) is 1.60. The highest BCUT2D eigenvalue weighted by Gasteiger charge is 2.11. The molecule has 3 nitrogen and oxygen atoms in total. The van der Waals surface area contributed by atoms with Crippen LogP contribution in [0.3, 0.4) is 0 Å². The molecule has 0 fully saturated rings. The van der Waals surface area contributed by atoms with Crippen molar-refractivity contribution in [1.29, 1.82) is 0 Å². The molecule has 0 saturated carbocycles. The summed E-state index contributed by atoms with van der Waals surface area (Å²) in [5.74, 6) is 0.184. The Morgan fingerprint density at radius 3 is 3.00 bits per heavy atom. The van der Waals surface area contributed by atoms with Crippen LogP contribution in [0.15, 0.2) is 47.4 Å². The number of carbonyl (C=O) groups excluding carboxylic acids is 1. The number of ether oxygens (including phenoxy) is 1. The molecular weight excluding hydrogens is 204 g/mol. The molecule has 0 aliphatic rings. The highest BCUT2D eigenvalue weighted by Crippen LogP contribution is 2.18. The maximum atomic E-state index is 11.6. The van der Waals surface area contributed by atoms with Crippen LogP contribution in [0.4, 0.5) is 0 Å². The topological polar surface area (TPSA) is 39.4 Å². The zero-order valence-electron chi connectivity index (χ0n) is 8.81. The van der Waals surface area contributed by atoms with Gasteiger partial charge in [-0.05, 0) is 12.1 Å². The molecule has 2 aromatic rings. The van der Waals surface area contributed by atoms with Crippen LogP contribution in [0.2, 0.25) is 0 Å². The molecule has 0 aliphatic heterocycles. The summed E-state index contributed by atoms with van der Waals surface area (Å²) in [6.45, 7) is 3.89. The Morgan fingerprint density at radius 1 is 1.44 bits per heavy atom. The molecule has 0 bridgehead atoms. The first-order valence-corrected chi connectivity index (χ1v) is 5.01. The summed E-state index contributed by atoms with van der Waals surface area (Å²) < 4.78 is 10.5. The van der Waals surface area contributed by atoms with E-state index in [9.17, 15) is 4.79 Å². The third-order valence-corrected chi connectivity index (χ3v) is 2.17. The van der Waals surface area contributed by atoms with Crippen LogP contribution in [0.5, 0.6) is 0 Å². The van der Waals surface area contributed by atoms with Gasteiger partial charge in [-0.3, -0.25) is 4.79 Å². The van der Waals surface area contributed by atoms with Gasteiger partial charge in [-0.25, -0.2) is 0 Å². The van der Waals surface area contributed by atoms with Gasteiger partial charge in [-0.1, -0.05) is 24.3 Å². The fourth-order valence-corrected chi connectivity index (χ4v) is 1.43. The van der Waals surface area contributed by atoms with E-state index in [0.29, 0.717) is 12.4 Å². The fraction of sp³-hybridized carbons (Fsp3) is 0.154. The second-order valence-electron chi connectivity index (χ2n) is 3.38. The number of fused-ring (bicyclic) bond motifs is 1. The first kappa shape index (κ1) is 10.6. The molecule has 1 aromatic carbocycles. The number of hydrogen-bond acceptors (Lipinski definition) is 3. The highest BCUT2D eigenvalue weighted by atomic mass is 16.5. The van der Waals surface area contributed by atoms with Crippen LogP contribution in [-0.4, -0.2) is 19.0 Å². The molecular formula is C13H12O3. The van der Waals surface area contributed by atoms with E-state index in [4.69, 9.17) is 9.15 Å². The molecule has 1 aromatic heterocycles. The van der Waals surface area contributed by atoms with Crippen molar-refractivity contribution in [3.05, 3.63) is 48.7 Å². The number of carbonyl (C=O) groups is 1. The molecule has 3 heteroatoms. The van der Waals surface area contributed by atoms with Gasteiger partial charge in [0, 0.05) is 5.39 Å². The first-order chi connectivity index (χ1) is 7.81. The average Bonchev–Trinajstić information content (AvgIpc) is 2.73. The van der Waals surface area contributed by atoms with Crippen molar-refractivity contribution in [2.75, 3.05) is 13.2 Å². The summed E-state index contributed by atoms with van der Waals surface area (Å²) in [6, 6.07) is 9.24.